The first-order valence-electron chi connectivity index (χ1n) is 6.54. The summed E-state index contributed by atoms with van der Waals surface area (Å²) in [7, 11) is 3.35. The van der Waals surface area contributed by atoms with Crippen molar-refractivity contribution in [3.05, 3.63) is 48.2 Å². The van der Waals surface area contributed by atoms with Gasteiger partial charge in [0.15, 0.2) is 0 Å². The summed E-state index contributed by atoms with van der Waals surface area (Å²) >= 11 is 0. The molecule has 0 amide bonds. The Balaban J connectivity index is 2.35. The van der Waals surface area contributed by atoms with Crippen molar-refractivity contribution in [2.75, 3.05) is 14.2 Å². The summed E-state index contributed by atoms with van der Waals surface area (Å²) in [6, 6.07) is 14.2. The highest BCUT2D eigenvalue weighted by atomic mass is 16.5. The maximum Gasteiger partial charge on any atom is 0.132 e. The van der Waals surface area contributed by atoms with Gasteiger partial charge in [-0.2, -0.15) is 0 Å². The molecule has 0 saturated carbocycles. The van der Waals surface area contributed by atoms with Crippen LogP contribution in [0.1, 0.15) is 5.69 Å². The Hall–Kier alpha value is -2.42. The number of aromatic nitrogens is 1. The van der Waals surface area contributed by atoms with Crippen molar-refractivity contribution in [1.82, 2.24) is 4.98 Å². The minimum atomic E-state index is 0.787. The normalized spacial score (nSPS) is 10.8. The molecule has 102 valence electrons. The minimum absolute atomic E-state index is 0.787. The van der Waals surface area contributed by atoms with E-state index in [1.54, 1.807) is 14.2 Å². The molecule has 2 aromatic carbocycles. The van der Waals surface area contributed by atoms with Gasteiger partial charge in [-0.05, 0) is 12.5 Å². The number of methoxy groups -OCH3 is 2. The Bertz CT molecular complexity index is 745. The van der Waals surface area contributed by atoms with Gasteiger partial charge in [-0.25, -0.2) is 0 Å². The van der Waals surface area contributed by atoms with E-state index in [0.29, 0.717) is 0 Å². The maximum absolute atomic E-state index is 5.55. The highest BCUT2D eigenvalue weighted by Crippen LogP contribution is 2.40. The number of rotatable bonds is 3. The third-order valence-corrected chi connectivity index (χ3v) is 3.54. The molecule has 0 spiro atoms. The molecule has 1 aromatic heterocycles. The van der Waals surface area contributed by atoms with Gasteiger partial charge in [0, 0.05) is 28.8 Å². The van der Waals surface area contributed by atoms with Gasteiger partial charge < -0.3 is 14.5 Å². The summed E-state index contributed by atoms with van der Waals surface area (Å²) in [5.41, 5.74) is 4.51. The van der Waals surface area contributed by atoms with Crippen molar-refractivity contribution in [3.63, 3.8) is 0 Å². The van der Waals surface area contributed by atoms with Crippen molar-refractivity contribution >= 4 is 10.9 Å². The number of nitrogens with one attached hydrogen (secondary N) is 1. The lowest BCUT2D eigenvalue weighted by atomic mass is 10.0. The molecule has 0 aliphatic rings. The fourth-order valence-electron chi connectivity index (χ4n) is 2.64. The number of fused-ring (bicyclic) bond motifs is 1. The first kappa shape index (κ1) is 12.6. The van der Waals surface area contributed by atoms with Crippen LogP contribution in [0.2, 0.25) is 0 Å². The molecule has 0 aliphatic heterocycles. The molecule has 0 fully saturated rings. The molecule has 0 radical (unpaired) electrons. The van der Waals surface area contributed by atoms with E-state index in [0.717, 1.165) is 28.1 Å². The zero-order chi connectivity index (χ0) is 14.1. The minimum Gasteiger partial charge on any atom is -0.497 e. The van der Waals surface area contributed by atoms with Gasteiger partial charge in [0.25, 0.3) is 0 Å². The molecule has 3 aromatic rings. The molecule has 1 N–H and O–H groups in total. The lowest BCUT2D eigenvalue weighted by Crippen LogP contribution is -1.88. The van der Waals surface area contributed by atoms with Crippen LogP contribution in [-0.4, -0.2) is 19.2 Å². The molecule has 0 saturated heterocycles. The lowest BCUT2D eigenvalue weighted by Gasteiger charge is -2.08. The van der Waals surface area contributed by atoms with Crippen LogP contribution >= 0.6 is 0 Å². The predicted octanol–water partition coefficient (Wildman–Crippen LogP) is 4.16. The molecule has 0 unspecified atom stereocenters. The van der Waals surface area contributed by atoms with Crippen molar-refractivity contribution in [2.24, 2.45) is 0 Å². The highest BCUT2D eigenvalue weighted by molar-refractivity contribution is 6.02. The van der Waals surface area contributed by atoms with Crippen LogP contribution in [0.15, 0.2) is 42.5 Å². The Morgan fingerprint density at radius 3 is 2.35 bits per heavy atom. The first-order chi connectivity index (χ1) is 9.74. The van der Waals surface area contributed by atoms with Gasteiger partial charge in [-0.3, -0.25) is 0 Å². The highest BCUT2D eigenvalue weighted by Gasteiger charge is 2.16. The zero-order valence-electron chi connectivity index (χ0n) is 11.9. The predicted molar refractivity (Wildman–Crippen MR) is 81.6 cm³/mol. The van der Waals surface area contributed by atoms with E-state index in [1.807, 2.05) is 30.3 Å². The van der Waals surface area contributed by atoms with E-state index < -0.39 is 0 Å². The molecule has 3 rings (SSSR count). The van der Waals surface area contributed by atoms with E-state index >= 15 is 0 Å². The molecular formula is C17H17NO2. The second-order valence-corrected chi connectivity index (χ2v) is 4.74. The lowest BCUT2D eigenvalue weighted by molar-refractivity contribution is 0.398. The number of H-pyrrole nitrogens is 1. The largest absolute Gasteiger partial charge is 0.497 e. The van der Waals surface area contributed by atoms with Crippen LogP contribution < -0.4 is 9.47 Å². The Kier molecular flexibility index (Phi) is 3.11. The smallest absolute Gasteiger partial charge is 0.132 e. The second kappa shape index (κ2) is 4.93. The fraction of sp³-hybridized carbons (Fsp3) is 0.176. The topological polar surface area (TPSA) is 34.2 Å². The Labute approximate surface area is 118 Å². The third-order valence-electron chi connectivity index (χ3n) is 3.54. The van der Waals surface area contributed by atoms with Crippen molar-refractivity contribution in [3.8, 4) is 22.6 Å². The molecular weight excluding hydrogens is 250 g/mol. The summed E-state index contributed by atoms with van der Waals surface area (Å²) in [6.07, 6.45) is 0. The molecule has 1 heterocycles. The van der Waals surface area contributed by atoms with Gasteiger partial charge >= 0.3 is 0 Å². The average Bonchev–Trinajstić information content (AvgIpc) is 2.82. The van der Waals surface area contributed by atoms with E-state index in [-0.39, 0.29) is 0 Å². The summed E-state index contributed by atoms with van der Waals surface area (Å²) in [6.45, 7) is 2.08. The maximum atomic E-state index is 5.55. The number of benzene rings is 2. The molecule has 20 heavy (non-hydrogen) atoms. The molecule has 0 atom stereocenters. The van der Waals surface area contributed by atoms with Crippen LogP contribution in [0.4, 0.5) is 0 Å². The van der Waals surface area contributed by atoms with Gasteiger partial charge in [-0.15, -0.1) is 0 Å². The van der Waals surface area contributed by atoms with E-state index in [2.05, 4.69) is 24.0 Å². The van der Waals surface area contributed by atoms with Crippen molar-refractivity contribution in [1.29, 1.82) is 0 Å². The summed E-state index contributed by atoms with van der Waals surface area (Å²) in [5.74, 6) is 1.61. The van der Waals surface area contributed by atoms with Gasteiger partial charge in [0.2, 0.25) is 0 Å². The standard InChI is InChI=1S/C17H17NO2/c1-11-16(12-7-5-4-6-8-12)17-14(18-11)9-13(19-2)10-15(17)20-3/h4-10,18H,1-3H3. The summed E-state index contributed by atoms with van der Waals surface area (Å²) in [5, 5.41) is 1.09. The van der Waals surface area contributed by atoms with Gasteiger partial charge in [0.05, 0.1) is 19.7 Å². The summed E-state index contributed by atoms with van der Waals surface area (Å²) in [4.78, 5) is 3.41. The van der Waals surface area contributed by atoms with E-state index in [9.17, 15) is 0 Å². The number of aryl methyl sites for hydroxylation is 1. The van der Waals surface area contributed by atoms with Crippen LogP contribution in [0.5, 0.6) is 11.5 Å². The molecule has 0 aliphatic carbocycles. The van der Waals surface area contributed by atoms with Crippen LogP contribution in [0.25, 0.3) is 22.0 Å². The van der Waals surface area contributed by atoms with Gasteiger partial charge in [0.1, 0.15) is 11.5 Å². The average molecular weight is 267 g/mol. The van der Waals surface area contributed by atoms with Crippen LogP contribution in [-0.2, 0) is 0 Å². The molecule has 3 nitrogen and oxygen atoms in total. The number of aromatic amines is 1. The quantitative estimate of drug-likeness (QED) is 0.773. The Morgan fingerprint density at radius 1 is 0.950 bits per heavy atom. The van der Waals surface area contributed by atoms with Crippen molar-refractivity contribution < 1.29 is 9.47 Å². The van der Waals surface area contributed by atoms with Crippen LogP contribution in [0, 0.1) is 6.92 Å². The van der Waals surface area contributed by atoms with Gasteiger partial charge in [-0.1, -0.05) is 30.3 Å². The van der Waals surface area contributed by atoms with Crippen molar-refractivity contribution in [2.45, 2.75) is 6.92 Å². The number of ether oxygens (including phenoxy) is 2. The summed E-state index contributed by atoms with van der Waals surface area (Å²) < 4.78 is 10.9. The SMILES string of the molecule is COc1cc(OC)c2c(-c3ccccc3)c(C)[nH]c2c1. The number of hydrogen-bond acceptors (Lipinski definition) is 2. The zero-order valence-corrected chi connectivity index (χ0v) is 11.9. The molecule has 3 heteroatoms. The Morgan fingerprint density at radius 2 is 1.70 bits per heavy atom. The number of hydrogen-bond donors (Lipinski definition) is 1. The monoisotopic (exact) mass is 267 g/mol. The second-order valence-electron chi connectivity index (χ2n) is 4.74. The fourth-order valence-corrected chi connectivity index (χ4v) is 2.64. The third kappa shape index (κ3) is 1.92. The molecule has 0 bridgehead atoms. The van der Waals surface area contributed by atoms with E-state index in [4.69, 9.17) is 9.47 Å². The van der Waals surface area contributed by atoms with E-state index in [1.165, 1.54) is 11.1 Å². The van der Waals surface area contributed by atoms with Crippen LogP contribution in [0.3, 0.4) is 0 Å². The first-order valence-corrected chi connectivity index (χ1v) is 6.54.